The van der Waals surface area contributed by atoms with Crippen molar-refractivity contribution in [2.45, 2.75) is 32.9 Å². The Balaban J connectivity index is 1.69. The molecule has 3 aromatic rings. The van der Waals surface area contributed by atoms with Crippen LogP contribution >= 0.6 is 0 Å². The average Bonchev–Trinajstić information content (AvgIpc) is 2.83. The molecule has 0 unspecified atom stereocenters. The summed E-state index contributed by atoms with van der Waals surface area (Å²) in [6.07, 6.45) is 2.56. The molecule has 0 aliphatic carbocycles. The molecule has 2 heterocycles. The van der Waals surface area contributed by atoms with Crippen molar-refractivity contribution in [3.63, 3.8) is 0 Å². The number of aryl methyl sites for hydroxylation is 1. The summed E-state index contributed by atoms with van der Waals surface area (Å²) in [5, 5.41) is 6.75. The summed E-state index contributed by atoms with van der Waals surface area (Å²) in [6.45, 7) is 3.74. The highest BCUT2D eigenvalue weighted by molar-refractivity contribution is 6.00. The van der Waals surface area contributed by atoms with Gasteiger partial charge in [0.1, 0.15) is 12.0 Å². The third kappa shape index (κ3) is 4.68. The second-order valence-electron chi connectivity index (χ2n) is 8.26. The molecule has 0 saturated heterocycles. The molecule has 1 atom stereocenters. The molecule has 9 nitrogen and oxygen atoms in total. The molecule has 2 amide bonds. The number of urea groups is 1. The van der Waals surface area contributed by atoms with E-state index in [1.807, 2.05) is 6.92 Å². The van der Waals surface area contributed by atoms with Gasteiger partial charge in [0.15, 0.2) is 5.78 Å². The van der Waals surface area contributed by atoms with E-state index in [-0.39, 0.29) is 24.8 Å². The van der Waals surface area contributed by atoms with Gasteiger partial charge in [0.05, 0.1) is 11.7 Å². The van der Waals surface area contributed by atoms with Crippen LogP contribution in [0.5, 0.6) is 0 Å². The predicted octanol–water partition coefficient (Wildman–Crippen LogP) is 2.25. The first-order chi connectivity index (χ1) is 16.7. The van der Waals surface area contributed by atoms with Gasteiger partial charge in [-0.05, 0) is 54.8 Å². The Kier molecular flexibility index (Phi) is 6.46. The van der Waals surface area contributed by atoms with E-state index < -0.39 is 23.1 Å². The second-order valence-corrected chi connectivity index (χ2v) is 8.26. The molecule has 1 N–H and O–H groups in total. The maximum atomic E-state index is 13.4. The summed E-state index contributed by atoms with van der Waals surface area (Å²) in [6, 6.07) is 9.64. The first kappa shape index (κ1) is 23.8. The minimum atomic E-state index is -0.729. The smallest absolute Gasteiger partial charge is 0.327 e. The van der Waals surface area contributed by atoms with Gasteiger partial charge in [-0.25, -0.2) is 14.0 Å². The monoisotopic (exact) mass is 477 g/mol. The number of carbonyl (C=O) groups excluding carboxylic acids is 2. The molecule has 0 fully saturated rings. The van der Waals surface area contributed by atoms with E-state index in [2.05, 4.69) is 10.4 Å². The molecule has 0 spiro atoms. The third-order valence-electron chi connectivity index (χ3n) is 5.96. The highest BCUT2D eigenvalue weighted by Gasteiger charge is 2.30. The van der Waals surface area contributed by atoms with Gasteiger partial charge in [0, 0.05) is 31.8 Å². The minimum Gasteiger partial charge on any atom is -0.327 e. The third-order valence-corrected chi connectivity index (χ3v) is 5.96. The van der Waals surface area contributed by atoms with Gasteiger partial charge in [-0.1, -0.05) is 18.2 Å². The highest BCUT2D eigenvalue weighted by Crippen LogP contribution is 2.28. The zero-order valence-corrected chi connectivity index (χ0v) is 19.5. The van der Waals surface area contributed by atoms with Crippen LogP contribution in [0.25, 0.3) is 5.69 Å². The van der Waals surface area contributed by atoms with Crippen molar-refractivity contribution in [1.29, 1.82) is 0 Å². The lowest BCUT2D eigenvalue weighted by Crippen LogP contribution is -2.43. The number of carbonyl (C=O) groups is 2. The molecule has 2 aromatic carbocycles. The summed E-state index contributed by atoms with van der Waals surface area (Å²) in [4.78, 5) is 51.6. The maximum Gasteiger partial charge on any atom is 0.352 e. The number of benzene rings is 2. The first-order valence-corrected chi connectivity index (χ1v) is 11.0. The van der Waals surface area contributed by atoms with E-state index in [4.69, 9.17) is 0 Å². The van der Waals surface area contributed by atoms with Crippen molar-refractivity contribution in [3.05, 3.63) is 104 Å². The molecular weight excluding hydrogens is 453 g/mol. The van der Waals surface area contributed by atoms with Crippen LogP contribution in [0.4, 0.5) is 9.18 Å². The Labute approximate surface area is 200 Å². The van der Waals surface area contributed by atoms with Gasteiger partial charge in [-0.2, -0.15) is 9.78 Å². The first-order valence-electron chi connectivity index (χ1n) is 11.0. The van der Waals surface area contributed by atoms with E-state index in [0.717, 1.165) is 21.0 Å². The van der Waals surface area contributed by atoms with Crippen LogP contribution in [-0.4, -0.2) is 38.1 Å². The SMILES string of the molecule is CCn1c(=O)cnn(-c2ccc(C)c(CC(=O)C3=CN(C)C(=O)N[C@H]3c3ccc(F)cc3)c2)c1=O. The zero-order valence-electron chi connectivity index (χ0n) is 19.5. The largest absolute Gasteiger partial charge is 0.352 e. The normalized spacial score (nSPS) is 15.5. The fourth-order valence-corrected chi connectivity index (χ4v) is 3.95. The molecule has 1 aliphatic rings. The molecule has 0 radical (unpaired) electrons. The quantitative estimate of drug-likeness (QED) is 0.586. The number of hydrogen-bond acceptors (Lipinski definition) is 5. The number of rotatable bonds is 6. The predicted molar refractivity (Wildman–Crippen MR) is 127 cm³/mol. The van der Waals surface area contributed by atoms with Crippen LogP contribution in [0.3, 0.4) is 0 Å². The van der Waals surface area contributed by atoms with Gasteiger partial charge in [0.25, 0.3) is 5.56 Å². The zero-order chi connectivity index (χ0) is 25.3. The topological polar surface area (TPSA) is 106 Å². The van der Waals surface area contributed by atoms with Crippen molar-refractivity contribution in [3.8, 4) is 5.69 Å². The van der Waals surface area contributed by atoms with Crippen molar-refractivity contribution in [2.75, 3.05) is 7.05 Å². The Hall–Kier alpha value is -4.34. The molecule has 0 bridgehead atoms. The standard InChI is InChI=1S/C25H24FN5O4/c1-4-30-22(33)13-27-31(25(30)35)19-10-5-15(2)17(11-19)12-21(32)20-14-29(3)24(34)28-23(20)16-6-8-18(26)9-7-16/h5-11,13-14,23H,4,12H2,1-3H3,(H,28,34)/t23-/m0/s1. The summed E-state index contributed by atoms with van der Waals surface area (Å²) < 4.78 is 15.6. The number of amides is 2. The van der Waals surface area contributed by atoms with E-state index in [1.54, 1.807) is 25.1 Å². The van der Waals surface area contributed by atoms with Crippen LogP contribution in [0.1, 0.15) is 29.7 Å². The van der Waals surface area contributed by atoms with Crippen molar-refractivity contribution < 1.29 is 14.0 Å². The lowest BCUT2D eigenvalue weighted by Gasteiger charge is -2.30. The Morgan fingerprint density at radius 3 is 2.51 bits per heavy atom. The molecule has 35 heavy (non-hydrogen) atoms. The molecule has 10 heteroatoms. The van der Waals surface area contributed by atoms with Crippen LogP contribution in [0.2, 0.25) is 0 Å². The van der Waals surface area contributed by atoms with E-state index in [1.165, 1.54) is 42.4 Å². The summed E-state index contributed by atoms with van der Waals surface area (Å²) >= 11 is 0. The molecular formula is C25H24FN5O4. The summed E-state index contributed by atoms with van der Waals surface area (Å²) in [7, 11) is 1.54. The molecule has 180 valence electrons. The number of hydrogen-bond donors (Lipinski definition) is 1. The Morgan fingerprint density at radius 2 is 1.83 bits per heavy atom. The van der Waals surface area contributed by atoms with Gasteiger partial charge in [-0.15, -0.1) is 0 Å². The van der Waals surface area contributed by atoms with Gasteiger partial charge in [0.2, 0.25) is 0 Å². The van der Waals surface area contributed by atoms with E-state index in [9.17, 15) is 23.6 Å². The van der Waals surface area contributed by atoms with Crippen LogP contribution in [0, 0.1) is 12.7 Å². The van der Waals surface area contributed by atoms with Crippen LogP contribution in [-0.2, 0) is 17.8 Å². The van der Waals surface area contributed by atoms with Crippen molar-refractivity contribution >= 4 is 11.8 Å². The lowest BCUT2D eigenvalue weighted by atomic mass is 9.91. The second kappa shape index (κ2) is 9.49. The number of ketones is 1. The molecule has 1 aromatic heterocycles. The Bertz CT molecular complexity index is 1460. The van der Waals surface area contributed by atoms with Gasteiger partial charge in [-0.3, -0.25) is 14.2 Å². The van der Waals surface area contributed by atoms with E-state index in [0.29, 0.717) is 22.4 Å². The maximum absolute atomic E-state index is 13.4. The number of aromatic nitrogens is 3. The van der Waals surface area contributed by atoms with Crippen LogP contribution in [0.15, 0.2) is 70.0 Å². The van der Waals surface area contributed by atoms with Crippen molar-refractivity contribution in [2.24, 2.45) is 0 Å². The Morgan fingerprint density at radius 1 is 1.11 bits per heavy atom. The number of nitrogens with zero attached hydrogens (tertiary/aromatic N) is 4. The number of nitrogens with one attached hydrogen (secondary N) is 1. The molecule has 1 aliphatic heterocycles. The van der Waals surface area contributed by atoms with Gasteiger partial charge < -0.3 is 10.2 Å². The minimum absolute atomic E-state index is 0.00488. The summed E-state index contributed by atoms with van der Waals surface area (Å²) in [5.74, 6) is -0.666. The fraction of sp³-hybridized carbons (Fsp3) is 0.240. The number of Topliss-reactive ketones (excluding diaryl/α,β-unsaturated/α-hetero) is 1. The average molecular weight is 477 g/mol. The van der Waals surface area contributed by atoms with Gasteiger partial charge >= 0.3 is 11.7 Å². The summed E-state index contributed by atoms with van der Waals surface area (Å²) in [5.41, 5.74) is 1.77. The lowest BCUT2D eigenvalue weighted by molar-refractivity contribution is -0.115. The van der Waals surface area contributed by atoms with Crippen molar-refractivity contribution in [1.82, 2.24) is 24.6 Å². The molecule has 0 saturated carbocycles. The molecule has 4 rings (SSSR count). The van der Waals surface area contributed by atoms with E-state index >= 15 is 0 Å². The fourth-order valence-electron chi connectivity index (χ4n) is 3.95. The van der Waals surface area contributed by atoms with Crippen LogP contribution < -0.4 is 16.6 Å². The number of halogens is 1. The highest BCUT2D eigenvalue weighted by atomic mass is 19.1.